The molecule has 1 aromatic heterocycles. The monoisotopic (exact) mass is 465 g/mol. The molecule has 1 aliphatic heterocycles. The smallest absolute Gasteiger partial charge is 0.239 e. The SMILES string of the molecule is CN1C(=N)N[C@](C)(c2ccc(-c3cccc(C#N)c3)s2)[C@@H](c2ccc(C3(C#N)CC3)cc2)C1=O. The highest BCUT2D eigenvalue weighted by molar-refractivity contribution is 7.15. The molecule has 2 heterocycles. The summed E-state index contributed by atoms with van der Waals surface area (Å²) >= 11 is 1.55. The third-order valence-corrected chi connectivity index (χ3v) is 8.39. The van der Waals surface area contributed by atoms with Gasteiger partial charge in [0.05, 0.1) is 34.6 Å². The number of hydrogen-bond acceptors (Lipinski definition) is 5. The maximum absolute atomic E-state index is 13.5. The Morgan fingerprint density at radius 1 is 1.12 bits per heavy atom. The van der Waals surface area contributed by atoms with Gasteiger partial charge >= 0.3 is 0 Å². The van der Waals surface area contributed by atoms with Gasteiger partial charge in [0.2, 0.25) is 5.91 Å². The molecule has 7 heteroatoms. The van der Waals surface area contributed by atoms with Gasteiger partial charge in [0.15, 0.2) is 5.96 Å². The molecular weight excluding hydrogens is 442 g/mol. The maximum Gasteiger partial charge on any atom is 0.239 e. The van der Waals surface area contributed by atoms with Crippen molar-refractivity contribution in [1.82, 2.24) is 10.2 Å². The Balaban J connectivity index is 1.56. The van der Waals surface area contributed by atoms with Crippen LogP contribution in [0, 0.1) is 28.1 Å². The Bertz CT molecular complexity index is 1390. The molecule has 1 saturated carbocycles. The quantitative estimate of drug-likeness (QED) is 0.575. The van der Waals surface area contributed by atoms with Gasteiger partial charge in [-0.15, -0.1) is 11.3 Å². The number of likely N-dealkylation sites (N-methyl/N-ethyl adjacent to an activating group) is 1. The van der Waals surface area contributed by atoms with Gasteiger partial charge in [-0.25, -0.2) is 0 Å². The number of carbonyl (C=O) groups is 1. The summed E-state index contributed by atoms with van der Waals surface area (Å²) < 4.78 is 0. The van der Waals surface area contributed by atoms with Crippen molar-refractivity contribution in [3.05, 3.63) is 82.2 Å². The van der Waals surface area contributed by atoms with Gasteiger partial charge in [-0.05, 0) is 60.7 Å². The van der Waals surface area contributed by atoms with Crippen molar-refractivity contribution in [3.8, 4) is 22.6 Å². The molecule has 2 aliphatic rings. The average molecular weight is 466 g/mol. The van der Waals surface area contributed by atoms with E-state index >= 15 is 0 Å². The number of benzene rings is 2. The van der Waals surface area contributed by atoms with E-state index < -0.39 is 11.5 Å². The first kappa shape index (κ1) is 21.9. The summed E-state index contributed by atoms with van der Waals surface area (Å²) in [6.07, 6.45) is 1.74. The number of rotatable bonds is 4. The van der Waals surface area contributed by atoms with Gasteiger partial charge in [0.1, 0.15) is 0 Å². The number of nitriles is 2. The van der Waals surface area contributed by atoms with Crippen LogP contribution in [0.4, 0.5) is 0 Å². The van der Waals surface area contributed by atoms with Gasteiger partial charge in [-0.1, -0.05) is 36.4 Å². The number of carbonyl (C=O) groups excluding carboxylic acids is 1. The van der Waals surface area contributed by atoms with Crippen molar-refractivity contribution < 1.29 is 4.79 Å². The standard InChI is InChI=1S/C27H23N5OS/c1-26(22-11-10-21(34-22)19-5-3-4-17(14-19)15-28)23(24(33)32(2)25(30)31-26)18-6-8-20(9-7-18)27(16-29)12-13-27/h3-11,14,23H,12-13H2,1-2H3,(H2,30,31)/t23-,26+/m0/s1. The van der Waals surface area contributed by atoms with Crippen molar-refractivity contribution in [2.75, 3.05) is 7.05 Å². The number of thiophene rings is 1. The molecule has 2 fully saturated rings. The third kappa shape index (κ3) is 3.37. The first-order valence-corrected chi connectivity index (χ1v) is 11.9. The fourth-order valence-electron chi connectivity index (χ4n) is 4.73. The van der Waals surface area contributed by atoms with Crippen LogP contribution in [0.15, 0.2) is 60.7 Å². The molecule has 3 aromatic rings. The van der Waals surface area contributed by atoms with E-state index in [4.69, 9.17) is 5.41 Å². The van der Waals surface area contributed by atoms with E-state index in [1.807, 2.05) is 61.5 Å². The summed E-state index contributed by atoms with van der Waals surface area (Å²) in [6.45, 7) is 1.96. The summed E-state index contributed by atoms with van der Waals surface area (Å²) in [7, 11) is 1.61. The van der Waals surface area contributed by atoms with Crippen molar-refractivity contribution in [2.45, 2.75) is 36.6 Å². The molecule has 0 unspecified atom stereocenters. The lowest BCUT2D eigenvalue weighted by molar-refractivity contribution is -0.131. The van der Waals surface area contributed by atoms with E-state index in [1.165, 1.54) is 4.90 Å². The van der Waals surface area contributed by atoms with Crippen molar-refractivity contribution in [1.29, 1.82) is 15.9 Å². The minimum Gasteiger partial charge on any atom is -0.345 e. The van der Waals surface area contributed by atoms with Crippen LogP contribution in [0.5, 0.6) is 0 Å². The summed E-state index contributed by atoms with van der Waals surface area (Å²) in [4.78, 5) is 16.8. The number of nitrogens with zero attached hydrogens (tertiary/aromatic N) is 3. The molecule has 2 aromatic carbocycles. The summed E-state index contributed by atoms with van der Waals surface area (Å²) in [5.74, 6) is -0.639. The van der Waals surface area contributed by atoms with E-state index in [0.29, 0.717) is 5.56 Å². The van der Waals surface area contributed by atoms with Crippen molar-refractivity contribution in [2.24, 2.45) is 0 Å². The molecule has 1 aliphatic carbocycles. The molecule has 0 spiro atoms. The number of nitrogens with one attached hydrogen (secondary N) is 2. The van der Waals surface area contributed by atoms with Crippen LogP contribution in [0.3, 0.4) is 0 Å². The first-order valence-electron chi connectivity index (χ1n) is 11.1. The average Bonchev–Trinajstić information content (AvgIpc) is 3.49. The molecular formula is C27H23N5OS. The Kier molecular flexibility index (Phi) is 5.04. The molecule has 0 bridgehead atoms. The second kappa shape index (κ2) is 7.83. The van der Waals surface area contributed by atoms with Crippen LogP contribution in [-0.2, 0) is 15.7 Å². The van der Waals surface area contributed by atoms with E-state index in [9.17, 15) is 15.3 Å². The minimum atomic E-state index is -0.829. The third-order valence-electron chi connectivity index (χ3n) is 7.02. The lowest BCUT2D eigenvalue weighted by Crippen LogP contribution is -2.62. The van der Waals surface area contributed by atoms with E-state index in [2.05, 4.69) is 17.5 Å². The van der Waals surface area contributed by atoms with Gasteiger partial charge in [-0.2, -0.15) is 10.5 Å². The Hall–Kier alpha value is -3.94. The highest BCUT2D eigenvalue weighted by Crippen LogP contribution is 2.49. The van der Waals surface area contributed by atoms with Crippen LogP contribution in [-0.4, -0.2) is 23.8 Å². The van der Waals surface area contributed by atoms with Crippen LogP contribution in [0.2, 0.25) is 0 Å². The molecule has 0 radical (unpaired) electrons. The predicted octanol–water partition coefficient (Wildman–Crippen LogP) is 4.84. The van der Waals surface area contributed by atoms with Crippen molar-refractivity contribution in [3.63, 3.8) is 0 Å². The highest BCUT2D eigenvalue weighted by atomic mass is 32.1. The Labute approximate surface area is 202 Å². The van der Waals surface area contributed by atoms with Crippen LogP contribution >= 0.6 is 11.3 Å². The van der Waals surface area contributed by atoms with Gasteiger partial charge < -0.3 is 5.32 Å². The maximum atomic E-state index is 13.5. The topological polar surface area (TPSA) is 104 Å². The Morgan fingerprint density at radius 3 is 2.50 bits per heavy atom. The zero-order valence-corrected chi connectivity index (χ0v) is 19.7. The lowest BCUT2D eigenvalue weighted by atomic mass is 9.76. The van der Waals surface area contributed by atoms with E-state index in [0.717, 1.165) is 39.3 Å². The van der Waals surface area contributed by atoms with Gasteiger partial charge in [0.25, 0.3) is 0 Å². The van der Waals surface area contributed by atoms with Gasteiger partial charge in [-0.3, -0.25) is 15.1 Å². The van der Waals surface area contributed by atoms with Crippen molar-refractivity contribution >= 4 is 23.2 Å². The fourth-order valence-corrected chi connectivity index (χ4v) is 5.87. The molecule has 34 heavy (non-hydrogen) atoms. The molecule has 5 rings (SSSR count). The first-order chi connectivity index (χ1) is 16.3. The summed E-state index contributed by atoms with van der Waals surface area (Å²) in [5.41, 5.74) is 2.17. The molecule has 6 nitrogen and oxygen atoms in total. The summed E-state index contributed by atoms with van der Waals surface area (Å²) in [5, 5.41) is 30.5. The second-order valence-electron chi connectivity index (χ2n) is 9.18. The normalized spacial score (nSPS) is 23.1. The second-order valence-corrected chi connectivity index (χ2v) is 10.3. The molecule has 1 saturated heterocycles. The fraction of sp³-hybridized carbons (Fsp3) is 0.259. The largest absolute Gasteiger partial charge is 0.345 e. The van der Waals surface area contributed by atoms with Crippen LogP contribution in [0.1, 0.15) is 47.3 Å². The number of guanidine groups is 1. The molecule has 2 atom stereocenters. The Morgan fingerprint density at radius 2 is 1.85 bits per heavy atom. The van der Waals surface area contributed by atoms with Gasteiger partial charge in [0, 0.05) is 16.8 Å². The molecule has 1 amide bonds. The highest BCUT2D eigenvalue weighted by Gasteiger charge is 2.50. The number of amides is 1. The number of hydrogen-bond donors (Lipinski definition) is 2. The molecule has 168 valence electrons. The minimum absolute atomic E-state index is 0.0585. The van der Waals surface area contributed by atoms with Crippen LogP contribution in [0.25, 0.3) is 10.4 Å². The zero-order valence-electron chi connectivity index (χ0n) is 18.9. The molecule has 2 N–H and O–H groups in total. The van der Waals surface area contributed by atoms with E-state index in [1.54, 1.807) is 24.5 Å². The van der Waals surface area contributed by atoms with E-state index in [-0.39, 0.29) is 17.3 Å². The lowest BCUT2D eigenvalue weighted by Gasteiger charge is -2.45. The zero-order chi connectivity index (χ0) is 24.1. The summed E-state index contributed by atoms with van der Waals surface area (Å²) in [6, 6.07) is 23.9. The predicted molar refractivity (Wildman–Crippen MR) is 131 cm³/mol. The van der Waals surface area contributed by atoms with Crippen LogP contribution < -0.4 is 5.32 Å².